The van der Waals surface area contributed by atoms with Crippen molar-refractivity contribution < 1.29 is 4.79 Å². The standard InChI is InChI=1S/C19H18N4O2S/c1-2-23-18(25)15-10-6-7-11-16(15)21-19(23)26-13-17(24)22-20-12-14-8-4-3-5-9-14/h3-12H,2,13H2,1H3,(H,22,24)/b20-12-. The van der Waals surface area contributed by atoms with E-state index in [-0.39, 0.29) is 17.2 Å². The van der Waals surface area contributed by atoms with E-state index in [2.05, 4.69) is 15.5 Å². The van der Waals surface area contributed by atoms with Crippen LogP contribution in [0.4, 0.5) is 0 Å². The molecular weight excluding hydrogens is 348 g/mol. The second-order valence-corrected chi connectivity index (χ2v) is 6.40. The Balaban J connectivity index is 1.68. The van der Waals surface area contributed by atoms with Gasteiger partial charge in [0.15, 0.2) is 5.16 Å². The summed E-state index contributed by atoms with van der Waals surface area (Å²) in [4.78, 5) is 29.0. The Labute approximate surface area is 155 Å². The molecule has 0 spiro atoms. The highest BCUT2D eigenvalue weighted by molar-refractivity contribution is 7.99. The fourth-order valence-corrected chi connectivity index (χ4v) is 3.27. The molecule has 7 heteroatoms. The van der Waals surface area contributed by atoms with Crippen molar-refractivity contribution in [1.29, 1.82) is 0 Å². The first kappa shape index (κ1) is 17.9. The lowest BCUT2D eigenvalue weighted by atomic mass is 10.2. The van der Waals surface area contributed by atoms with E-state index in [1.54, 1.807) is 22.9 Å². The highest BCUT2D eigenvalue weighted by Crippen LogP contribution is 2.17. The van der Waals surface area contributed by atoms with Gasteiger partial charge in [-0.1, -0.05) is 54.2 Å². The number of aromatic nitrogens is 2. The first-order chi connectivity index (χ1) is 12.7. The second kappa shape index (κ2) is 8.44. The van der Waals surface area contributed by atoms with E-state index < -0.39 is 0 Å². The van der Waals surface area contributed by atoms with Crippen molar-refractivity contribution in [2.75, 3.05) is 5.75 Å². The van der Waals surface area contributed by atoms with Gasteiger partial charge in [-0.15, -0.1) is 0 Å². The number of fused-ring (bicyclic) bond motifs is 1. The smallest absolute Gasteiger partial charge is 0.262 e. The summed E-state index contributed by atoms with van der Waals surface area (Å²) in [7, 11) is 0. The lowest BCUT2D eigenvalue weighted by molar-refractivity contribution is -0.118. The molecule has 1 aromatic heterocycles. The van der Waals surface area contributed by atoms with Crippen molar-refractivity contribution in [3.63, 3.8) is 0 Å². The van der Waals surface area contributed by atoms with Gasteiger partial charge in [0.25, 0.3) is 11.5 Å². The number of thioether (sulfide) groups is 1. The van der Waals surface area contributed by atoms with Gasteiger partial charge in [-0.25, -0.2) is 10.4 Å². The zero-order chi connectivity index (χ0) is 18.4. The minimum atomic E-state index is -0.257. The SMILES string of the molecule is CCn1c(SCC(=O)N/N=C\c2ccccc2)nc2ccccc2c1=O. The van der Waals surface area contributed by atoms with E-state index in [4.69, 9.17) is 0 Å². The van der Waals surface area contributed by atoms with E-state index in [0.29, 0.717) is 22.6 Å². The van der Waals surface area contributed by atoms with Crippen molar-refractivity contribution in [2.45, 2.75) is 18.6 Å². The van der Waals surface area contributed by atoms with Gasteiger partial charge in [0.1, 0.15) is 0 Å². The van der Waals surface area contributed by atoms with Crippen LogP contribution in [0.1, 0.15) is 12.5 Å². The highest BCUT2D eigenvalue weighted by Gasteiger charge is 2.11. The van der Waals surface area contributed by atoms with Crippen molar-refractivity contribution in [1.82, 2.24) is 15.0 Å². The van der Waals surface area contributed by atoms with Gasteiger partial charge in [-0.05, 0) is 24.6 Å². The third-order valence-corrected chi connectivity index (χ3v) is 4.65. The van der Waals surface area contributed by atoms with Crippen molar-refractivity contribution >= 4 is 34.8 Å². The summed E-state index contributed by atoms with van der Waals surface area (Å²) in [6, 6.07) is 16.7. The van der Waals surface area contributed by atoms with Gasteiger partial charge in [-0.2, -0.15) is 5.10 Å². The Morgan fingerprint density at radius 1 is 1.19 bits per heavy atom. The van der Waals surface area contributed by atoms with Gasteiger partial charge < -0.3 is 0 Å². The molecule has 0 aliphatic heterocycles. The van der Waals surface area contributed by atoms with Crippen LogP contribution in [0.25, 0.3) is 10.9 Å². The largest absolute Gasteiger partial charge is 0.287 e. The maximum atomic E-state index is 12.5. The van der Waals surface area contributed by atoms with Gasteiger partial charge in [0, 0.05) is 6.54 Å². The number of amides is 1. The molecule has 0 atom stereocenters. The van der Waals surface area contributed by atoms with Crippen molar-refractivity contribution in [2.24, 2.45) is 5.10 Å². The number of rotatable bonds is 6. The molecule has 0 aliphatic carbocycles. The average molecular weight is 366 g/mol. The van der Waals surface area contributed by atoms with Crippen LogP contribution in [-0.4, -0.2) is 27.4 Å². The maximum absolute atomic E-state index is 12.5. The number of benzene rings is 2. The zero-order valence-electron chi connectivity index (χ0n) is 14.3. The van der Waals surface area contributed by atoms with E-state index in [1.807, 2.05) is 49.4 Å². The number of para-hydroxylation sites is 1. The average Bonchev–Trinajstić information content (AvgIpc) is 2.67. The summed E-state index contributed by atoms with van der Waals surface area (Å²) >= 11 is 1.22. The Hall–Kier alpha value is -2.93. The van der Waals surface area contributed by atoms with Crippen LogP contribution in [0.2, 0.25) is 0 Å². The molecule has 0 unspecified atom stereocenters. The van der Waals surface area contributed by atoms with Crippen LogP contribution in [-0.2, 0) is 11.3 Å². The molecule has 2 aromatic carbocycles. The molecule has 1 amide bonds. The van der Waals surface area contributed by atoms with Crippen molar-refractivity contribution in [3.05, 3.63) is 70.5 Å². The predicted molar refractivity (Wildman–Crippen MR) is 105 cm³/mol. The third-order valence-electron chi connectivity index (χ3n) is 3.68. The lowest BCUT2D eigenvalue weighted by Gasteiger charge is -2.10. The molecule has 3 rings (SSSR count). The third kappa shape index (κ3) is 4.18. The van der Waals surface area contributed by atoms with E-state index in [1.165, 1.54) is 11.8 Å². The molecule has 26 heavy (non-hydrogen) atoms. The summed E-state index contributed by atoms with van der Waals surface area (Å²) in [6.45, 7) is 2.37. The number of hydrogen-bond acceptors (Lipinski definition) is 5. The summed E-state index contributed by atoms with van der Waals surface area (Å²) < 4.78 is 1.58. The molecule has 0 saturated heterocycles. The van der Waals surface area contributed by atoms with Crippen LogP contribution in [0.5, 0.6) is 0 Å². The number of carbonyl (C=O) groups is 1. The molecule has 3 aromatic rings. The normalized spacial score (nSPS) is 11.1. The molecule has 6 nitrogen and oxygen atoms in total. The van der Waals surface area contributed by atoms with Crippen molar-refractivity contribution in [3.8, 4) is 0 Å². The molecule has 1 N–H and O–H groups in total. The quantitative estimate of drug-likeness (QED) is 0.315. The van der Waals surface area contributed by atoms with Crippen LogP contribution in [0.15, 0.2) is 69.6 Å². The van der Waals surface area contributed by atoms with E-state index in [0.717, 1.165) is 5.56 Å². The molecular formula is C19H18N4O2S. The summed E-state index contributed by atoms with van der Waals surface area (Å²) in [6.07, 6.45) is 1.58. The molecule has 1 heterocycles. The first-order valence-corrected chi connectivity index (χ1v) is 9.17. The molecule has 0 saturated carbocycles. The topological polar surface area (TPSA) is 76.3 Å². The Kier molecular flexibility index (Phi) is 5.80. The minimum Gasteiger partial charge on any atom is -0.287 e. The zero-order valence-corrected chi connectivity index (χ0v) is 15.1. The minimum absolute atomic E-state index is 0.0943. The Morgan fingerprint density at radius 3 is 2.69 bits per heavy atom. The Morgan fingerprint density at radius 2 is 1.92 bits per heavy atom. The molecule has 0 bridgehead atoms. The molecule has 0 fully saturated rings. The maximum Gasteiger partial charge on any atom is 0.262 e. The van der Waals surface area contributed by atoms with E-state index in [9.17, 15) is 9.59 Å². The fraction of sp³-hybridized carbons (Fsp3) is 0.158. The number of carbonyl (C=O) groups excluding carboxylic acids is 1. The molecule has 0 radical (unpaired) electrons. The number of hydrazone groups is 1. The van der Waals surface area contributed by atoms with Crippen LogP contribution in [0.3, 0.4) is 0 Å². The van der Waals surface area contributed by atoms with Crippen LogP contribution in [0, 0.1) is 0 Å². The van der Waals surface area contributed by atoms with Crippen LogP contribution >= 0.6 is 11.8 Å². The predicted octanol–water partition coefficient (Wildman–Crippen LogP) is 2.66. The number of nitrogens with zero attached hydrogens (tertiary/aromatic N) is 3. The van der Waals surface area contributed by atoms with Gasteiger partial charge >= 0.3 is 0 Å². The summed E-state index contributed by atoms with van der Waals surface area (Å²) in [5.41, 5.74) is 3.92. The lowest BCUT2D eigenvalue weighted by Crippen LogP contribution is -2.24. The van der Waals surface area contributed by atoms with E-state index >= 15 is 0 Å². The van der Waals surface area contributed by atoms with Gasteiger partial charge in [0.05, 0.1) is 22.9 Å². The number of hydrogen-bond donors (Lipinski definition) is 1. The molecule has 132 valence electrons. The van der Waals surface area contributed by atoms with Gasteiger partial charge in [0.2, 0.25) is 0 Å². The van der Waals surface area contributed by atoms with Crippen LogP contribution < -0.4 is 11.0 Å². The second-order valence-electron chi connectivity index (χ2n) is 5.45. The number of nitrogens with one attached hydrogen (secondary N) is 1. The first-order valence-electron chi connectivity index (χ1n) is 8.18. The fourth-order valence-electron chi connectivity index (χ4n) is 2.42. The summed E-state index contributed by atoms with van der Waals surface area (Å²) in [5.74, 6) is -0.135. The Bertz CT molecular complexity index is 999. The van der Waals surface area contributed by atoms with Gasteiger partial charge in [-0.3, -0.25) is 14.2 Å². The highest BCUT2D eigenvalue weighted by atomic mass is 32.2. The monoisotopic (exact) mass is 366 g/mol. The molecule has 0 aliphatic rings. The summed E-state index contributed by atoms with van der Waals surface area (Å²) in [5, 5.41) is 5.04.